The van der Waals surface area contributed by atoms with Gasteiger partial charge in [-0.25, -0.2) is 0 Å². The average Bonchev–Trinajstić information content (AvgIpc) is 2.84. The molecule has 34 heavy (non-hydrogen) atoms. The normalized spacial score (nSPS) is 13.7. The largest absolute Gasteiger partial charge is 0.493 e. The second kappa shape index (κ2) is 13.9. The quantitative estimate of drug-likeness (QED) is 0.312. The van der Waals surface area contributed by atoms with Crippen LogP contribution in [0.1, 0.15) is 64.5 Å². The van der Waals surface area contributed by atoms with E-state index in [1.54, 1.807) is 14.2 Å². The molecule has 0 heterocycles. The zero-order valence-electron chi connectivity index (χ0n) is 21.8. The fourth-order valence-corrected chi connectivity index (χ4v) is 4.42. The molecule has 5 heteroatoms. The van der Waals surface area contributed by atoms with Gasteiger partial charge in [0.25, 0.3) is 0 Å². The highest BCUT2D eigenvalue weighted by Gasteiger charge is 2.38. The maximum absolute atomic E-state index is 10.3. The van der Waals surface area contributed by atoms with E-state index in [4.69, 9.17) is 14.2 Å². The van der Waals surface area contributed by atoms with Crippen LogP contribution < -0.4 is 19.5 Å². The van der Waals surface area contributed by atoms with Crippen molar-refractivity contribution in [2.75, 3.05) is 27.4 Å². The second-order valence-corrected chi connectivity index (χ2v) is 9.29. The Hall–Kier alpha value is -2.71. The summed E-state index contributed by atoms with van der Waals surface area (Å²) in [6.07, 6.45) is 4.68. The van der Waals surface area contributed by atoms with Gasteiger partial charge in [-0.05, 0) is 68.8 Å². The van der Waals surface area contributed by atoms with E-state index >= 15 is 0 Å². The topological polar surface area (TPSA) is 63.5 Å². The van der Waals surface area contributed by atoms with Gasteiger partial charge in [-0.3, -0.25) is 0 Å². The summed E-state index contributed by atoms with van der Waals surface area (Å²) in [5.74, 6) is 2.52. The molecule has 0 spiro atoms. The Morgan fingerprint density at radius 3 is 2.35 bits per heavy atom. The number of nitriles is 1. The molecule has 0 fully saturated rings. The molecule has 0 aliphatic rings. The molecule has 2 aromatic rings. The van der Waals surface area contributed by atoms with Crippen molar-refractivity contribution in [3.63, 3.8) is 0 Å². The molecule has 0 saturated heterocycles. The third-order valence-electron chi connectivity index (χ3n) is 6.54. The van der Waals surface area contributed by atoms with Gasteiger partial charge in [-0.1, -0.05) is 51.5 Å². The predicted octanol–water partition coefficient (Wildman–Crippen LogP) is 6.30. The van der Waals surface area contributed by atoms with E-state index in [9.17, 15) is 5.26 Å². The van der Waals surface area contributed by atoms with Crippen LogP contribution in [0, 0.1) is 17.2 Å². The van der Waals surface area contributed by atoms with Gasteiger partial charge in [0.2, 0.25) is 0 Å². The van der Waals surface area contributed by atoms with E-state index in [2.05, 4.69) is 51.2 Å². The Balaban J connectivity index is 2.01. The number of benzene rings is 2. The van der Waals surface area contributed by atoms with Gasteiger partial charge in [-0.2, -0.15) is 5.26 Å². The number of unbranched alkanes of at least 4 members (excludes halogenated alkanes) is 1. The number of hydrogen-bond donors (Lipinski definition) is 1. The van der Waals surface area contributed by atoms with Crippen LogP contribution in [0.15, 0.2) is 42.5 Å². The fourth-order valence-electron chi connectivity index (χ4n) is 4.42. The highest BCUT2D eigenvalue weighted by atomic mass is 16.5. The predicted molar refractivity (Wildman–Crippen MR) is 139 cm³/mol. The maximum Gasteiger partial charge on any atom is 0.160 e. The zero-order valence-corrected chi connectivity index (χ0v) is 21.8. The first-order chi connectivity index (χ1) is 16.4. The molecule has 186 valence electrons. The monoisotopic (exact) mass is 466 g/mol. The minimum atomic E-state index is -0.572. The summed E-state index contributed by atoms with van der Waals surface area (Å²) in [5, 5.41) is 14.0. The smallest absolute Gasteiger partial charge is 0.160 e. The van der Waals surface area contributed by atoms with Crippen molar-refractivity contribution < 1.29 is 14.2 Å². The van der Waals surface area contributed by atoms with E-state index < -0.39 is 5.41 Å². The molecule has 0 aliphatic carbocycles. The van der Waals surface area contributed by atoms with Crippen LogP contribution in [-0.2, 0) is 11.8 Å². The molecule has 0 aromatic heterocycles. The summed E-state index contributed by atoms with van der Waals surface area (Å²) >= 11 is 0. The van der Waals surface area contributed by atoms with Gasteiger partial charge in [0, 0.05) is 11.6 Å². The lowest BCUT2D eigenvalue weighted by atomic mass is 9.69. The first-order valence-corrected chi connectivity index (χ1v) is 12.5. The fraction of sp³-hybridized carbons (Fsp3) is 0.552. The van der Waals surface area contributed by atoms with Gasteiger partial charge in [-0.15, -0.1) is 0 Å². The lowest BCUT2D eigenvalue weighted by Crippen LogP contribution is -2.34. The van der Waals surface area contributed by atoms with E-state index in [0.29, 0.717) is 12.6 Å². The maximum atomic E-state index is 10.3. The molecule has 5 nitrogen and oxygen atoms in total. The van der Waals surface area contributed by atoms with Gasteiger partial charge < -0.3 is 19.5 Å². The standard InChI is InChI=1S/C29H42N2O3/c1-7-8-18-34-26-13-10-9-12-25(26)29(21-30,22(2)3)16-11-17-31-23(4)19-24-14-15-27(32-5)28(20-24)33-6/h9-10,12-15,20,22-23,31H,7-8,11,16-19H2,1-6H3. The van der Waals surface area contributed by atoms with Crippen LogP contribution in [0.25, 0.3) is 0 Å². The number of methoxy groups -OCH3 is 2. The third-order valence-corrected chi connectivity index (χ3v) is 6.54. The lowest BCUT2D eigenvalue weighted by Gasteiger charge is -2.33. The van der Waals surface area contributed by atoms with Crippen molar-refractivity contribution in [3.05, 3.63) is 53.6 Å². The van der Waals surface area contributed by atoms with Gasteiger partial charge in [0.15, 0.2) is 11.5 Å². The molecular formula is C29H42N2O3. The van der Waals surface area contributed by atoms with Gasteiger partial charge >= 0.3 is 0 Å². The highest BCUT2D eigenvalue weighted by Crippen LogP contribution is 2.41. The number of nitrogens with zero attached hydrogens (tertiary/aromatic N) is 1. The summed E-state index contributed by atoms with van der Waals surface area (Å²) in [4.78, 5) is 0. The van der Waals surface area contributed by atoms with Crippen molar-refractivity contribution in [1.82, 2.24) is 5.32 Å². The molecule has 0 saturated carbocycles. The van der Waals surface area contributed by atoms with Gasteiger partial charge in [0.1, 0.15) is 5.75 Å². The minimum Gasteiger partial charge on any atom is -0.493 e. The number of ether oxygens (including phenoxy) is 3. The molecule has 0 bridgehead atoms. The van der Waals surface area contributed by atoms with Crippen LogP contribution in [0.3, 0.4) is 0 Å². The van der Waals surface area contributed by atoms with Crippen molar-refractivity contribution in [2.24, 2.45) is 5.92 Å². The van der Waals surface area contributed by atoms with E-state index in [1.807, 2.05) is 30.3 Å². The average molecular weight is 467 g/mol. The molecule has 0 amide bonds. The van der Waals surface area contributed by atoms with Crippen LogP contribution in [0.4, 0.5) is 0 Å². The molecule has 2 unspecified atom stereocenters. The first-order valence-electron chi connectivity index (χ1n) is 12.5. The number of para-hydroxylation sites is 1. The molecule has 0 radical (unpaired) electrons. The van der Waals surface area contributed by atoms with Crippen molar-refractivity contribution in [3.8, 4) is 23.3 Å². The van der Waals surface area contributed by atoms with Crippen molar-refractivity contribution >= 4 is 0 Å². The molecule has 0 aliphatic heterocycles. The third kappa shape index (κ3) is 7.14. The van der Waals surface area contributed by atoms with E-state index in [1.165, 1.54) is 5.56 Å². The molecule has 2 rings (SSSR count). The highest BCUT2D eigenvalue weighted by molar-refractivity contribution is 5.45. The summed E-state index contributed by atoms with van der Waals surface area (Å²) < 4.78 is 16.9. The summed E-state index contributed by atoms with van der Waals surface area (Å²) in [5.41, 5.74) is 1.64. The molecule has 2 atom stereocenters. The first kappa shape index (κ1) is 27.5. The minimum absolute atomic E-state index is 0.178. The van der Waals surface area contributed by atoms with Crippen LogP contribution in [-0.4, -0.2) is 33.4 Å². The summed E-state index contributed by atoms with van der Waals surface area (Å²) in [6, 6.07) is 17.1. The zero-order chi connectivity index (χ0) is 25.0. The molecule has 1 N–H and O–H groups in total. The number of hydrogen-bond acceptors (Lipinski definition) is 5. The Labute approximate surface area is 206 Å². The van der Waals surface area contributed by atoms with Crippen molar-refractivity contribution in [1.29, 1.82) is 5.26 Å². The molecular weight excluding hydrogens is 424 g/mol. The van der Waals surface area contributed by atoms with E-state index in [0.717, 1.165) is 61.5 Å². The van der Waals surface area contributed by atoms with Crippen LogP contribution >= 0.6 is 0 Å². The lowest BCUT2D eigenvalue weighted by molar-refractivity contribution is 0.286. The van der Waals surface area contributed by atoms with Crippen LogP contribution in [0.5, 0.6) is 17.2 Å². The Morgan fingerprint density at radius 2 is 1.71 bits per heavy atom. The Bertz CT molecular complexity index is 922. The van der Waals surface area contributed by atoms with Crippen molar-refractivity contribution in [2.45, 2.75) is 71.3 Å². The molecule has 2 aromatic carbocycles. The number of nitrogens with one attached hydrogen (secondary N) is 1. The summed E-state index contributed by atoms with van der Waals surface area (Å²) in [6.45, 7) is 10.2. The Kier molecular flexibility index (Phi) is 11.2. The van der Waals surface area contributed by atoms with E-state index in [-0.39, 0.29) is 5.92 Å². The summed E-state index contributed by atoms with van der Waals surface area (Å²) in [7, 11) is 3.31. The SMILES string of the molecule is CCCCOc1ccccc1C(C#N)(CCCNC(C)Cc1ccc(OC)c(OC)c1)C(C)C. The van der Waals surface area contributed by atoms with Gasteiger partial charge in [0.05, 0.1) is 32.3 Å². The Morgan fingerprint density at radius 1 is 0.971 bits per heavy atom. The van der Waals surface area contributed by atoms with Crippen LogP contribution in [0.2, 0.25) is 0 Å². The second-order valence-electron chi connectivity index (χ2n) is 9.29. The number of rotatable bonds is 15.